The summed E-state index contributed by atoms with van der Waals surface area (Å²) in [6.45, 7) is 1.78. The summed E-state index contributed by atoms with van der Waals surface area (Å²) in [4.78, 5) is 11.5. The number of amides is 1. The molecule has 0 aromatic heterocycles. The summed E-state index contributed by atoms with van der Waals surface area (Å²) in [6.07, 6.45) is -0.582. The van der Waals surface area contributed by atoms with Gasteiger partial charge >= 0.3 is 0 Å². The molecule has 0 aliphatic heterocycles. The summed E-state index contributed by atoms with van der Waals surface area (Å²) in [5.41, 5.74) is 6.35. The van der Waals surface area contributed by atoms with E-state index in [0.29, 0.717) is 16.3 Å². The van der Waals surface area contributed by atoms with Gasteiger partial charge in [0.05, 0.1) is 16.7 Å². The quantitative estimate of drug-likeness (QED) is 0.677. The fourth-order valence-corrected chi connectivity index (χ4v) is 1.33. The van der Waals surface area contributed by atoms with Gasteiger partial charge in [0.2, 0.25) is 0 Å². The molecule has 1 amide bonds. The Morgan fingerprint density at radius 2 is 2.33 bits per heavy atom. The highest BCUT2D eigenvalue weighted by Gasteiger charge is 2.10. The lowest BCUT2D eigenvalue weighted by Crippen LogP contribution is -2.30. The lowest BCUT2D eigenvalue weighted by molar-refractivity contribution is 0.0924. The zero-order valence-electron chi connectivity index (χ0n) is 8.33. The number of carbonyl (C=O) groups is 1. The summed E-state index contributed by atoms with van der Waals surface area (Å²) in [5.74, 6) is -0.319. The third-order valence-electron chi connectivity index (χ3n) is 1.80. The third-order valence-corrected chi connectivity index (χ3v) is 2.11. The molecule has 0 aliphatic rings. The van der Waals surface area contributed by atoms with Gasteiger partial charge in [0.25, 0.3) is 5.91 Å². The van der Waals surface area contributed by atoms with Crippen LogP contribution >= 0.6 is 11.6 Å². The number of hydrogen-bond donors (Lipinski definition) is 3. The van der Waals surface area contributed by atoms with Gasteiger partial charge < -0.3 is 16.2 Å². The number of anilines is 1. The minimum Gasteiger partial charge on any atom is -0.399 e. The van der Waals surface area contributed by atoms with Crippen LogP contribution in [0.2, 0.25) is 5.02 Å². The van der Waals surface area contributed by atoms with Crippen molar-refractivity contribution in [2.24, 2.45) is 0 Å². The minimum atomic E-state index is -0.582. The van der Waals surface area contributed by atoms with E-state index >= 15 is 0 Å². The van der Waals surface area contributed by atoms with Gasteiger partial charge in [0.15, 0.2) is 0 Å². The van der Waals surface area contributed by atoms with Crippen LogP contribution in [0.5, 0.6) is 0 Å². The van der Waals surface area contributed by atoms with Crippen LogP contribution < -0.4 is 11.1 Å². The van der Waals surface area contributed by atoms with E-state index in [4.69, 9.17) is 22.4 Å². The molecular weight excluding hydrogens is 216 g/mol. The number of hydrogen-bond acceptors (Lipinski definition) is 3. The molecular formula is C10H13ClN2O2. The second-order valence-corrected chi connectivity index (χ2v) is 3.71. The SMILES string of the molecule is CC(O)CNC(=O)c1ccc(N)cc1Cl. The molecule has 0 spiro atoms. The standard InChI is InChI=1S/C10H13ClN2O2/c1-6(14)5-13-10(15)8-3-2-7(12)4-9(8)11/h2-4,6,14H,5,12H2,1H3,(H,13,15). The molecule has 1 aromatic carbocycles. The molecule has 5 heteroatoms. The zero-order valence-corrected chi connectivity index (χ0v) is 9.08. The van der Waals surface area contributed by atoms with Crippen molar-refractivity contribution in [2.75, 3.05) is 12.3 Å². The summed E-state index contributed by atoms with van der Waals surface area (Å²) < 4.78 is 0. The van der Waals surface area contributed by atoms with Crippen LogP contribution in [0, 0.1) is 0 Å². The van der Waals surface area contributed by atoms with Gasteiger partial charge in [0.1, 0.15) is 0 Å². The third kappa shape index (κ3) is 3.42. The number of rotatable bonds is 3. The van der Waals surface area contributed by atoms with Gasteiger partial charge in [-0.2, -0.15) is 0 Å². The Morgan fingerprint density at radius 3 is 2.87 bits per heavy atom. The van der Waals surface area contributed by atoms with E-state index < -0.39 is 6.10 Å². The number of nitrogen functional groups attached to an aromatic ring is 1. The van der Waals surface area contributed by atoms with E-state index in [1.165, 1.54) is 6.07 Å². The van der Waals surface area contributed by atoms with Crippen LogP contribution in [0.3, 0.4) is 0 Å². The average Bonchev–Trinajstić information content (AvgIpc) is 2.14. The van der Waals surface area contributed by atoms with Gasteiger partial charge in [-0.25, -0.2) is 0 Å². The van der Waals surface area contributed by atoms with Crippen LogP contribution in [0.1, 0.15) is 17.3 Å². The van der Waals surface area contributed by atoms with Crippen LogP contribution in [-0.4, -0.2) is 23.7 Å². The van der Waals surface area contributed by atoms with Gasteiger partial charge in [-0.3, -0.25) is 4.79 Å². The first-order chi connectivity index (χ1) is 7.00. The second-order valence-electron chi connectivity index (χ2n) is 3.30. The number of halogens is 1. The van der Waals surface area contributed by atoms with Crippen LogP contribution in [-0.2, 0) is 0 Å². The van der Waals surface area contributed by atoms with Gasteiger partial charge in [-0.1, -0.05) is 11.6 Å². The van der Waals surface area contributed by atoms with Crippen LogP contribution in [0.15, 0.2) is 18.2 Å². The first kappa shape index (κ1) is 11.8. The molecule has 1 rings (SSSR count). The lowest BCUT2D eigenvalue weighted by Gasteiger charge is -2.08. The van der Waals surface area contributed by atoms with Crippen molar-refractivity contribution >= 4 is 23.2 Å². The zero-order chi connectivity index (χ0) is 11.4. The van der Waals surface area contributed by atoms with E-state index in [-0.39, 0.29) is 12.5 Å². The number of benzene rings is 1. The largest absolute Gasteiger partial charge is 0.399 e. The Kier molecular flexibility index (Phi) is 3.94. The van der Waals surface area contributed by atoms with E-state index in [2.05, 4.69) is 5.32 Å². The Labute approximate surface area is 93.0 Å². The Balaban J connectivity index is 2.74. The molecule has 4 nitrogen and oxygen atoms in total. The first-order valence-corrected chi connectivity index (χ1v) is 4.90. The highest BCUT2D eigenvalue weighted by atomic mass is 35.5. The predicted molar refractivity (Wildman–Crippen MR) is 59.9 cm³/mol. The maximum Gasteiger partial charge on any atom is 0.252 e. The first-order valence-electron chi connectivity index (χ1n) is 4.52. The summed E-state index contributed by atoms with van der Waals surface area (Å²) in [5, 5.41) is 11.8. The number of nitrogens with one attached hydrogen (secondary N) is 1. The topological polar surface area (TPSA) is 75.3 Å². The summed E-state index contributed by atoms with van der Waals surface area (Å²) in [6, 6.07) is 4.66. The molecule has 1 aromatic rings. The number of nitrogens with two attached hydrogens (primary N) is 1. The normalized spacial score (nSPS) is 12.2. The molecule has 1 unspecified atom stereocenters. The molecule has 0 heterocycles. The van der Waals surface area contributed by atoms with Crippen molar-refractivity contribution in [1.29, 1.82) is 0 Å². The molecule has 4 N–H and O–H groups in total. The fraction of sp³-hybridized carbons (Fsp3) is 0.300. The van der Waals surface area contributed by atoms with Crippen molar-refractivity contribution in [2.45, 2.75) is 13.0 Å². The predicted octanol–water partition coefficient (Wildman–Crippen LogP) is 1.03. The van der Waals surface area contributed by atoms with Crippen molar-refractivity contribution in [1.82, 2.24) is 5.32 Å². The van der Waals surface area contributed by atoms with Crippen molar-refractivity contribution in [3.8, 4) is 0 Å². The van der Waals surface area contributed by atoms with E-state index in [1.807, 2.05) is 0 Å². The van der Waals surface area contributed by atoms with E-state index in [0.717, 1.165) is 0 Å². The Morgan fingerprint density at radius 1 is 1.67 bits per heavy atom. The molecule has 1 atom stereocenters. The number of aliphatic hydroxyl groups is 1. The lowest BCUT2D eigenvalue weighted by atomic mass is 10.2. The Bertz CT molecular complexity index is 366. The minimum absolute atomic E-state index is 0.194. The van der Waals surface area contributed by atoms with E-state index in [9.17, 15) is 4.79 Å². The van der Waals surface area contributed by atoms with Crippen molar-refractivity contribution in [3.05, 3.63) is 28.8 Å². The van der Waals surface area contributed by atoms with Crippen LogP contribution in [0.25, 0.3) is 0 Å². The molecule has 0 saturated carbocycles. The fourth-order valence-electron chi connectivity index (χ4n) is 1.05. The summed E-state index contributed by atoms with van der Waals surface area (Å²) in [7, 11) is 0. The highest BCUT2D eigenvalue weighted by Crippen LogP contribution is 2.18. The smallest absolute Gasteiger partial charge is 0.252 e. The van der Waals surface area contributed by atoms with Crippen molar-refractivity contribution < 1.29 is 9.90 Å². The molecule has 0 radical (unpaired) electrons. The number of aliphatic hydroxyl groups excluding tert-OH is 1. The van der Waals surface area contributed by atoms with Crippen molar-refractivity contribution in [3.63, 3.8) is 0 Å². The monoisotopic (exact) mass is 228 g/mol. The van der Waals surface area contributed by atoms with E-state index in [1.54, 1.807) is 19.1 Å². The second kappa shape index (κ2) is 5.00. The Hall–Kier alpha value is -1.26. The molecule has 82 valence electrons. The van der Waals surface area contributed by atoms with Gasteiger partial charge in [-0.05, 0) is 25.1 Å². The molecule has 0 bridgehead atoms. The average molecular weight is 229 g/mol. The number of carbonyl (C=O) groups excluding carboxylic acids is 1. The van der Waals surface area contributed by atoms with Crippen LogP contribution in [0.4, 0.5) is 5.69 Å². The maximum atomic E-state index is 11.5. The highest BCUT2D eigenvalue weighted by molar-refractivity contribution is 6.34. The molecule has 0 aliphatic carbocycles. The molecule has 15 heavy (non-hydrogen) atoms. The van der Waals surface area contributed by atoms with Gasteiger partial charge in [0, 0.05) is 12.2 Å². The molecule has 0 saturated heterocycles. The summed E-state index contributed by atoms with van der Waals surface area (Å²) >= 11 is 5.84. The van der Waals surface area contributed by atoms with Gasteiger partial charge in [-0.15, -0.1) is 0 Å². The maximum absolute atomic E-state index is 11.5. The molecule has 0 fully saturated rings.